The van der Waals surface area contributed by atoms with Crippen molar-refractivity contribution in [1.29, 1.82) is 0 Å². The minimum absolute atomic E-state index is 0.344. The summed E-state index contributed by atoms with van der Waals surface area (Å²) in [5, 5.41) is 8.72. The molecule has 0 saturated carbocycles. The van der Waals surface area contributed by atoms with E-state index < -0.39 is 0 Å². The molecule has 0 aliphatic carbocycles. The number of hydrogen-bond donors (Lipinski definition) is 1. The van der Waals surface area contributed by atoms with Crippen LogP contribution in [0.4, 0.5) is 0 Å². The number of rotatable bonds is 5. The lowest BCUT2D eigenvalue weighted by atomic mass is 9.97. The largest absolute Gasteiger partial charge is 0.396 e. The van der Waals surface area contributed by atoms with Crippen LogP contribution in [0.2, 0.25) is 0 Å². The second-order valence-electron chi connectivity index (χ2n) is 3.38. The Hall–Kier alpha value is -0.0400. The molecule has 0 aromatic carbocycles. The number of aliphatic hydroxyl groups is 1. The van der Waals surface area contributed by atoms with E-state index in [-0.39, 0.29) is 0 Å². The first-order valence-electron chi connectivity index (χ1n) is 4.31. The van der Waals surface area contributed by atoms with Crippen molar-refractivity contribution in [2.75, 3.05) is 6.61 Å². The molecular formula is C9H20O. The number of hydrogen-bond acceptors (Lipinski definition) is 1. The molecule has 0 bridgehead atoms. The fraction of sp³-hybridized carbons (Fsp3) is 1.00. The van der Waals surface area contributed by atoms with Gasteiger partial charge < -0.3 is 5.11 Å². The van der Waals surface area contributed by atoms with Gasteiger partial charge in [-0.1, -0.05) is 33.6 Å². The van der Waals surface area contributed by atoms with E-state index in [2.05, 4.69) is 20.8 Å². The van der Waals surface area contributed by atoms with Gasteiger partial charge in [0.1, 0.15) is 0 Å². The van der Waals surface area contributed by atoms with Gasteiger partial charge in [-0.25, -0.2) is 0 Å². The van der Waals surface area contributed by atoms with Gasteiger partial charge in [-0.2, -0.15) is 0 Å². The van der Waals surface area contributed by atoms with Gasteiger partial charge in [0, 0.05) is 6.61 Å². The molecule has 1 N–H and O–H groups in total. The summed E-state index contributed by atoms with van der Waals surface area (Å²) in [6.07, 6.45) is 3.70. The smallest absolute Gasteiger partial charge is 0.0456 e. The molecule has 1 heteroatoms. The van der Waals surface area contributed by atoms with Crippen LogP contribution in [0.1, 0.15) is 40.0 Å². The molecule has 0 aliphatic heterocycles. The van der Waals surface area contributed by atoms with Crippen molar-refractivity contribution >= 4 is 0 Å². The first-order chi connectivity index (χ1) is 4.70. The molecule has 2 atom stereocenters. The summed E-state index contributed by atoms with van der Waals surface area (Å²) >= 11 is 0. The Labute approximate surface area is 64.5 Å². The topological polar surface area (TPSA) is 20.2 Å². The van der Waals surface area contributed by atoms with Crippen LogP contribution in [-0.4, -0.2) is 11.7 Å². The van der Waals surface area contributed by atoms with E-state index in [1.807, 2.05) is 0 Å². The summed E-state index contributed by atoms with van der Waals surface area (Å²) in [4.78, 5) is 0. The summed E-state index contributed by atoms with van der Waals surface area (Å²) in [6, 6.07) is 0. The maximum absolute atomic E-state index is 8.72. The third-order valence-electron chi connectivity index (χ3n) is 2.16. The van der Waals surface area contributed by atoms with Crippen molar-refractivity contribution in [3.05, 3.63) is 0 Å². The normalized spacial score (nSPS) is 16.8. The van der Waals surface area contributed by atoms with Crippen LogP contribution in [0.25, 0.3) is 0 Å². The summed E-state index contributed by atoms with van der Waals surface area (Å²) < 4.78 is 0. The zero-order chi connectivity index (χ0) is 7.98. The lowest BCUT2D eigenvalue weighted by Gasteiger charge is -2.11. The molecule has 0 amide bonds. The average molecular weight is 144 g/mol. The average Bonchev–Trinajstić information content (AvgIpc) is 1.99. The Morgan fingerprint density at radius 2 is 1.60 bits per heavy atom. The molecule has 0 aromatic rings. The van der Waals surface area contributed by atoms with Gasteiger partial charge in [0.2, 0.25) is 0 Å². The molecule has 0 saturated heterocycles. The molecule has 62 valence electrons. The predicted molar refractivity (Wildman–Crippen MR) is 44.9 cm³/mol. The van der Waals surface area contributed by atoms with Gasteiger partial charge in [0.25, 0.3) is 0 Å². The van der Waals surface area contributed by atoms with Crippen LogP contribution < -0.4 is 0 Å². The highest BCUT2D eigenvalue weighted by molar-refractivity contribution is 4.55. The van der Waals surface area contributed by atoms with Gasteiger partial charge in [0.05, 0.1) is 0 Å². The van der Waals surface area contributed by atoms with Gasteiger partial charge in [-0.15, -0.1) is 0 Å². The third kappa shape index (κ3) is 4.80. The van der Waals surface area contributed by atoms with Crippen LogP contribution >= 0.6 is 0 Å². The zero-order valence-corrected chi connectivity index (χ0v) is 7.43. The lowest BCUT2D eigenvalue weighted by Crippen LogP contribution is -2.03. The predicted octanol–water partition coefficient (Wildman–Crippen LogP) is 2.44. The Morgan fingerprint density at radius 3 is 2.00 bits per heavy atom. The van der Waals surface area contributed by atoms with Crippen LogP contribution in [0.5, 0.6) is 0 Å². The highest BCUT2D eigenvalue weighted by atomic mass is 16.3. The fourth-order valence-corrected chi connectivity index (χ4v) is 0.864. The van der Waals surface area contributed by atoms with Crippen molar-refractivity contribution < 1.29 is 5.11 Å². The Morgan fingerprint density at radius 1 is 1.10 bits per heavy atom. The van der Waals surface area contributed by atoms with Crippen LogP contribution in [0.3, 0.4) is 0 Å². The number of aliphatic hydroxyl groups excluding tert-OH is 1. The van der Waals surface area contributed by atoms with Crippen molar-refractivity contribution in [3.8, 4) is 0 Å². The molecule has 10 heavy (non-hydrogen) atoms. The zero-order valence-electron chi connectivity index (χ0n) is 7.43. The molecule has 0 fully saturated rings. The highest BCUT2D eigenvalue weighted by Gasteiger charge is 2.02. The second kappa shape index (κ2) is 5.72. The Balaban J connectivity index is 3.17. The van der Waals surface area contributed by atoms with Crippen molar-refractivity contribution in [2.24, 2.45) is 11.8 Å². The van der Waals surface area contributed by atoms with Gasteiger partial charge in [0.15, 0.2) is 0 Å². The minimum atomic E-state index is 0.344. The molecule has 0 heterocycles. The third-order valence-corrected chi connectivity index (χ3v) is 2.16. The van der Waals surface area contributed by atoms with Gasteiger partial charge in [-0.3, -0.25) is 0 Å². The summed E-state index contributed by atoms with van der Waals surface area (Å²) in [6.45, 7) is 6.93. The maximum Gasteiger partial charge on any atom is 0.0456 e. The molecule has 0 aromatic heterocycles. The molecule has 2 unspecified atom stereocenters. The monoisotopic (exact) mass is 144 g/mol. The maximum atomic E-state index is 8.72. The van der Waals surface area contributed by atoms with Crippen molar-refractivity contribution in [3.63, 3.8) is 0 Å². The fourth-order valence-electron chi connectivity index (χ4n) is 0.864. The van der Waals surface area contributed by atoms with E-state index in [0.29, 0.717) is 12.5 Å². The summed E-state index contributed by atoms with van der Waals surface area (Å²) in [7, 11) is 0. The van der Waals surface area contributed by atoms with Crippen molar-refractivity contribution in [2.45, 2.75) is 40.0 Å². The van der Waals surface area contributed by atoms with Crippen LogP contribution in [0, 0.1) is 11.8 Å². The van der Waals surface area contributed by atoms with Crippen LogP contribution in [-0.2, 0) is 0 Å². The van der Waals surface area contributed by atoms with E-state index in [1.54, 1.807) is 0 Å². The van der Waals surface area contributed by atoms with Crippen LogP contribution in [0.15, 0.2) is 0 Å². The molecule has 0 aliphatic rings. The second-order valence-corrected chi connectivity index (χ2v) is 3.38. The SMILES string of the molecule is CCC(C)CCC(C)CO. The molecule has 0 spiro atoms. The Kier molecular flexibility index (Phi) is 5.70. The molecular weight excluding hydrogens is 124 g/mol. The van der Waals surface area contributed by atoms with E-state index in [4.69, 9.17) is 5.11 Å². The first kappa shape index (κ1) is 9.96. The van der Waals surface area contributed by atoms with E-state index in [9.17, 15) is 0 Å². The van der Waals surface area contributed by atoms with Crippen molar-refractivity contribution in [1.82, 2.24) is 0 Å². The molecule has 1 nitrogen and oxygen atoms in total. The molecule has 0 rings (SSSR count). The Bertz CT molecular complexity index is 61.1. The first-order valence-corrected chi connectivity index (χ1v) is 4.31. The standard InChI is InChI=1S/C9H20O/c1-4-8(2)5-6-9(3)7-10/h8-10H,4-7H2,1-3H3. The molecule has 0 radical (unpaired) electrons. The van der Waals surface area contributed by atoms with E-state index in [1.165, 1.54) is 19.3 Å². The van der Waals surface area contributed by atoms with E-state index >= 15 is 0 Å². The lowest BCUT2D eigenvalue weighted by molar-refractivity contribution is 0.222. The quantitative estimate of drug-likeness (QED) is 0.628. The highest BCUT2D eigenvalue weighted by Crippen LogP contribution is 2.13. The minimum Gasteiger partial charge on any atom is -0.396 e. The van der Waals surface area contributed by atoms with Gasteiger partial charge >= 0.3 is 0 Å². The summed E-state index contributed by atoms with van der Waals surface area (Å²) in [5.74, 6) is 1.32. The van der Waals surface area contributed by atoms with Gasteiger partial charge in [-0.05, 0) is 18.3 Å². The van der Waals surface area contributed by atoms with E-state index in [0.717, 1.165) is 5.92 Å². The summed E-state index contributed by atoms with van der Waals surface area (Å²) in [5.41, 5.74) is 0.